The lowest BCUT2D eigenvalue weighted by Crippen LogP contribution is -2.47. The maximum absolute atomic E-state index is 4.22. The van der Waals surface area contributed by atoms with E-state index in [-0.39, 0.29) is 0 Å². The van der Waals surface area contributed by atoms with Crippen LogP contribution in [0.1, 0.15) is 5.69 Å². The van der Waals surface area contributed by atoms with Gasteiger partial charge >= 0.3 is 0 Å². The molecule has 0 amide bonds. The summed E-state index contributed by atoms with van der Waals surface area (Å²) < 4.78 is 0. The average Bonchev–Trinajstić information content (AvgIpc) is 2.17. The predicted molar refractivity (Wildman–Crippen MR) is 46.1 cm³/mol. The Morgan fingerprint density at radius 1 is 1.17 bits per heavy atom. The van der Waals surface area contributed by atoms with E-state index < -0.39 is 0 Å². The van der Waals surface area contributed by atoms with Crippen LogP contribution in [0.25, 0.3) is 10.9 Å². The minimum absolute atomic E-state index is 0.711. The van der Waals surface area contributed by atoms with Crippen LogP contribution < -0.4 is 5.73 Å². The molecule has 3 nitrogen and oxygen atoms in total. The Kier molecular flexibility index (Phi) is 1.72. The van der Waals surface area contributed by atoms with Gasteiger partial charge in [-0.3, -0.25) is 9.97 Å². The van der Waals surface area contributed by atoms with Gasteiger partial charge in [-0.05, 0) is 18.2 Å². The summed E-state index contributed by atoms with van der Waals surface area (Å²) in [6, 6.07) is 5.85. The van der Waals surface area contributed by atoms with Crippen LogP contribution in [-0.2, 0) is 6.54 Å². The van der Waals surface area contributed by atoms with E-state index in [4.69, 9.17) is 0 Å². The van der Waals surface area contributed by atoms with Crippen LogP contribution in [0.2, 0.25) is 0 Å². The van der Waals surface area contributed by atoms with Crippen LogP contribution in [0.5, 0.6) is 0 Å². The van der Waals surface area contributed by atoms with E-state index in [1.54, 1.807) is 12.4 Å². The van der Waals surface area contributed by atoms with Crippen molar-refractivity contribution in [2.75, 3.05) is 0 Å². The highest BCUT2D eigenvalue weighted by Crippen LogP contribution is 2.12. The molecule has 0 saturated carbocycles. The van der Waals surface area contributed by atoms with E-state index in [0.717, 1.165) is 16.6 Å². The second kappa shape index (κ2) is 2.87. The van der Waals surface area contributed by atoms with Crippen molar-refractivity contribution < 1.29 is 5.73 Å². The fourth-order valence-electron chi connectivity index (χ4n) is 1.26. The first kappa shape index (κ1) is 7.18. The van der Waals surface area contributed by atoms with Gasteiger partial charge in [-0.2, -0.15) is 0 Å². The predicted octanol–water partition coefficient (Wildman–Crippen LogP) is 0.372. The molecule has 0 bridgehead atoms. The van der Waals surface area contributed by atoms with Crippen LogP contribution in [-0.4, -0.2) is 9.97 Å². The summed E-state index contributed by atoms with van der Waals surface area (Å²) in [6.45, 7) is 0.711. The summed E-state index contributed by atoms with van der Waals surface area (Å²) in [5.74, 6) is 0. The highest BCUT2D eigenvalue weighted by atomic mass is 14.7. The molecule has 0 fully saturated rings. The van der Waals surface area contributed by atoms with Crippen molar-refractivity contribution in [3.05, 3.63) is 36.3 Å². The largest absolute Gasteiger partial charge is 0.353 e. The van der Waals surface area contributed by atoms with Crippen LogP contribution in [0.4, 0.5) is 0 Å². The van der Waals surface area contributed by atoms with Gasteiger partial charge in [0.2, 0.25) is 0 Å². The SMILES string of the molecule is [NH3+]Cc1nccc2ncccc12. The maximum atomic E-state index is 4.22. The fourth-order valence-corrected chi connectivity index (χ4v) is 1.26. The zero-order valence-corrected chi connectivity index (χ0v) is 6.70. The minimum atomic E-state index is 0.711. The highest BCUT2D eigenvalue weighted by Gasteiger charge is 2.00. The lowest BCUT2D eigenvalue weighted by molar-refractivity contribution is -0.387. The Morgan fingerprint density at radius 2 is 2.08 bits per heavy atom. The number of aromatic nitrogens is 2. The minimum Gasteiger partial charge on any atom is -0.353 e. The molecule has 2 aromatic heterocycles. The van der Waals surface area contributed by atoms with E-state index in [1.807, 2.05) is 18.2 Å². The topological polar surface area (TPSA) is 53.4 Å². The first-order chi connectivity index (χ1) is 5.92. The molecule has 3 heteroatoms. The third-order valence-electron chi connectivity index (χ3n) is 1.85. The number of quaternary nitrogens is 1. The molecule has 12 heavy (non-hydrogen) atoms. The van der Waals surface area contributed by atoms with Crippen LogP contribution in [0.3, 0.4) is 0 Å². The molecule has 60 valence electrons. The highest BCUT2D eigenvalue weighted by molar-refractivity contribution is 5.80. The van der Waals surface area contributed by atoms with Gasteiger partial charge in [-0.25, -0.2) is 0 Å². The number of fused-ring (bicyclic) bond motifs is 1. The van der Waals surface area contributed by atoms with E-state index in [0.29, 0.717) is 6.54 Å². The van der Waals surface area contributed by atoms with Crippen molar-refractivity contribution in [2.45, 2.75) is 6.54 Å². The first-order valence-corrected chi connectivity index (χ1v) is 3.89. The second-order valence-electron chi connectivity index (χ2n) is 2.58. The van der Waals surface area contributed by atoms with E-state index in [9.17, 15) is 0 Å². The van der Waals surface area contributed by atoms with Crippen molar-refractivity contribution in [1.29, 1.82) is 0 Å². The van der Waals surface area contributed by atoms with E-state index in [2.05, 4.69) is 15.7 Å². The molecule has 0 aliphatic rings. The molecule has 0 unspecified atom stereocenters. The number of rotatable bonds is 1. The average molecular weight is 160 g/mol. The van der Waals surface area contributed by atoms with Gasteiger partial charge in [0.05, 0.1) is 5.52 Å². The summed E-state index contributed by atoms with van der Waals surface area (Å²) in [5, 5.41) is 1.11. The summed E-state index contributed by atoms with van der Waals surface area (Å²) in [7, 11) is 0. The Morgan fingerprint density at radius 3 is 2.92 bits per heavy atom. The Labute approximate surface area is 70.3 Å². The van der Waals surface area contributed by atoms with Gasteiger partial charge in [-0.15, -0.1) is 0 Å². The summed E-state index contributed by atoms with van der Waals surface area (Å²) in [5.41, 5.74) is 5.82. The fraction of sp³-hybridized carbons (Fsp3) is 0.111. The molecule has 0 aliphatic carbocycles. The zero-order valence-electron chi connectivity index (χ0n) is 6.70. The molecule has 0 saturated heterocycles. The van der Waals surface area contributed by atoms with Crippen LogP contribution in [0.15, 0.2) is 30.6 Å². The lowest BCUT2D eigenvalue weighted by atomic mass is 10.2. The van der Waals surface area contributed by atoms with E-state index >= 15 is 0 Å². The Bertz CT molecular complexity index is 392. The molecule has 3 N–H and O–H groups in total. The summed E-state index contributed by atoms with van der Waals surface area (Å²) in [4.78, 5) is 8.44. The normalized spacial score (nSPS) is 10.4. The maximum Gasteiger partial charge on any atom is 0.118 e. The van der Waals surface area contributed by atoms with Gasteiger partial charge in [0.1, 0.15) is 12.2 Å². The third-order valence-corrected chi connectivity index (χ3v) is 1.85. The van der Waals surface area contributed by atoms with Gasteiger partial charge in [0.25, 0.3) is 0 Å². The summed E-state index contributed by atoms with van der Waals surface area (Å²) >= 11 is 0. The third kappa shape index (κ3) is 1.04. The number of hydrogen-bond acceptors (Lipinski definition) is 2. The van der Waals surface area contributed by atoms with Crippen molar-refractivity contribution in [1.82, 2.24) is 9.97 Å². The molecular weight excluding hydrogens is 150 g/mol. The van der Waals surface area contributed by atoms with Crippen molar-refractivity contribution in [3.63, 3.8) is 0 Å². The molecule has 2 aromatic rings. The molecule has 0 spiro atoms. The molecular formula is C9H10N3+. The van der Waals surface area contributed by atoms with Gasteiger partial charge in [0.15, 0.2) is 0 Å². The van der Waals surface area contributed by atoms with Gasteiger partial charge < -0.3 is 5.73 Å². The molecule has 2 rings (SSSR count). The molecule has 0 aliphatic heterocycles. The molecule has 0 aromatic carbocycles. The summed E-state index contributed by atoms with van der Waals surface area (Å²) in [6.07, 6.45) is 3.56. The molecule has 0 radical (unpaired) electrons. The second-order valence-corrected chi connectivity index (χ2v) is 2.58. The van der Waals surface area contributed by atoms with Crippen LogP contribution in [0, 0.1) is 0 Å². The standard InChI is InChI=1S/C9H9N3/c10-6-9-7-2-1-4-11-8(7)3-5-12-9/h1-5H,6,10H2/p+1. The van der Waals surface area contributed by atoms with Crippen LogP contribution >= 0.6 is 0 Å². The number of hydrogen-bond donors (Lipinski definition) is 1. The quantitative estimate of drug-likeness (QED) is 0.655. The van der Waals surface area contributed by atoms with Crippen molar-refractivity contribution in [3.8, 4) is 0 Å². The number of pyridine rings is 2. The smallest absolute Gasteiger partial charge is 0.118 e. The monoisotopic (exact) mass is 160 g/mol. The molecule has 2 heterocycles. The van der Waals surface area contributed by atoms with Gasteiger partial charge in [0, 0.05) is 17.8 Å². The first-order valence-electron chi connectivity index (χ1n) is 3.89. The van der Waals surface area contributed by atoms with Crippen molar-refractivity contribution in [2.24, 2.45) is 0 Å². The lowest BCUT2D eigenvalue weighted by Gasteiger charge is -1.98. The number of nitrogens with zero attached hydrogens (tertiary/aromatic N) is 2. The zero-order chi connectivity index (χ0) is 8.39. The molecule has 0 atom stereocenters. The van der Waals surface area contributed by atoms with Gasteiger partial charge in [-0.1, -0.05) is 0 Å². The van der Waals surface area contributed by atoms with E-state index in [1.165, 1.54) is 0 Å². The Balaban J connectivity index is 2.79. The Hall–Kier alpha value is -1.48. The van der Waals surface area contributed by atoms with Crippen molar-refractivity contribution >= 4 is 10.9 Å².